The van der Waals surface area contributed by atoms with Gasteiger partial charge in [-0.3, -0.25) is 9.79 Å². The first kappa shape index (κ1) is 12.2. The van der Waals surface area contributed by atoms with E-state index in [0.29, 0.717) is 0 Å². The lowest BCUT2D eigenvalue weighted by atomic mass is 10.1. The third kappa shape index (κ3) is 2.62. The highest BCUT2D eigenvalue weighted by atomic mass is 32.2. The summed E-state index contributed by atoms with van der Waals surface area (Å²) in [5, 5.41) is 3.69. The molecule has 0 fully saturated rings. The second-order valence-electron chi connectivity index (χ2n) is 4.61. The molecule has 0 spiro atoms. The lowest BCUT2D eigenvalue weighted by molar-refractivity contribution is 0.0982. The number of amides is 1. The van der Waals surface area contributed by atoms with Gasteiger partial charge in [-0.15, -0.1) is 11.3 Å². The summed E-state index contributed by atoms with van der Waals surface area (Å²) in [6.45, 7) is 0.821. The Hall–Kier alpha value is -0.810. The van der Waals surface area contributed by atoms with E-state index in [1.54, 1.807) is 23.1 Å². The van der Waals surface area contributed by atoms with Crippen LogP contribution < -0.4 is 5.32 Å². The van der Waals surface area contributed by atoms with Crippen LogP contribution in [0.4, 0.5) is 0 Å². The van der Waals surface area contributed by atoms with Gasteiger partial charge in [0.15, 0.2) is 5.17 Å². The Morgan fingerprint density at radius 3 is 3.00 bits per heavy atom. The molecule has 2 heterocycles. The highest BCUT2D eigenvalue weighted by Crippen LogP contribution is 2.29. The summed E-state index contributed by atoms with van der Waals surface area (Å²) >= 11 is 3.29. The topological polar surface area (TPSA) is 41.5 Å². The van der Waals surface area contributed by atoms with Gasteiger partial charge in [0.25, 0.3) is 5.91 Å². The molecule has 96 valence electrons. The van der Waals surface area contributed by atoms with Gasteiger partial charge in [0, 0.05) is 10.6 Å². The molecule has 2 aliphatic rings. The molecule has 3 rings (SSSR count). The van der Waals surface area contributed by atoms with E-state index in [1.165, 1.54) is 29.7 Å². The van der Waals surface area contributed by atoms with Crippen molar-refractivity contribution in [2.45, 2.75) is 32.1 Å². The van der Waals surface area contributed by atoms with E-state index in [4.69, 9.17) is 0 Å². The molecule has 1 aromatic rings. The molecular formula is C13H16N2OS2. The number of thioether (sulfide) groups is 1. The highest BCUT2D eigenvalue weighted by molar-refractivity contribution is 8.14. The summed E-state index contributed by atoms with van der Waals surface area (Å²) in [7, 11) is 0. The van der Waals surface area contributed by atoms with Gasteiger partial charge in [0.1, 0.15) is 0 Å². The third-order valence-electron chi connectivity index (χ3n) is 3.28. The quantitative estimate of drug-likeness (QED) is 0.804. The maximum Gasteiger partial charge on any atom is 0.267 e. The Kier molecular flexibility index (Phi) is 3.70. The van der Waals surface area contributed by atoms with E-state index >= 15 is 0 Å². The number of carbonyl (C=O) groups excluding carboxylic acids is 1. The number of amidine groups is 1. The molecule has 3 nitrogen and oxygen atoms in total. The van der Waals surface area contributed by atoms with Crippen LogP contribution in [0.25, 0.3) is 0 Å². The molecule has 0 aromatic carbocycles. The number of carbonyl (C=O) groups is 1. The number of thiophene rings is 1. The summed E-state index contributed by atoms with van der Waals surface area (Å²) in [6.07, 6.45) is 6.11. The van der Waals surface area contributed by atoms with Crippen LogP contribution in [0, 0.1) is 0 Å². The minimum absolute atomic E-state index is 0.0150. The predicted octanol–water partition coefficient (Wildman–Crippen LogP) is 2.85. The van der Waals surface area contributed by atoms with Gasteiger partial charge in [-0.1, -0.05) is 18.2 Å². The van der Waals surface area contributed by atoms with Crippen molar-refractivity contribution in [1.29, 1.82) is 0 Å². The van der Waals surface area contributed by atoms with E-state index in [2.05, 4.69) is 16.4 Å². The summed E-state index contributed by atoms with van der Waals surface area (Å²) in [4.78, 5) is 18.6. The first-order valence-electron chi connectivity index (χ1n) is 6.43. The van der Waals surface area contributed by atoms with Gasteiger partial charge in [-0.05, 0) is 37.3 Å². The fourth-order valence-electron chi connectivity index (χ4n) is 2.35. The summed E-state index contributed by atoms with van der Waals surface area (Å²) in [6, 6.07) is 2.08. The number of rotatable bonds is 1. The van der Waals surface area contributed by atoms with Crippen LogP contribution in [-0.2, 0) is 12.8 Å². The molecular weight excluding hydrogens is 264 g/mol. The van der Waals surface area contributed by atoms with Gasteiger partial charge in [-0.25, -0.2) is 0 Å². The number of fused-ring (bicyclic) bond motifs is 1. The van der Waals surface area contributed by atoms with Crippen LogP contribution >= 0.6 is 23.1 Å². The summed E-state index contributed by atoms with van der Waals surface area (Å²) in [5.74, 6) is 0.998. The van der Waals surface area contributed by atoms with E-state index in [9.17, 15) is 4.79 Å². The van der Waals surface area contributed by atoms with Crippen molar-refractivity contribution >= 4 is 34.2 Å². The molecule has 0 saturated carbocycles. The van der Waals surface area contributed by atoms with Crippen LogP contribution in [0.2, 0.25) is 0 Å². The Morgan fingerprint density at radius 2 is 2.17 bits per heavy atom. The van der Waals surface area contributed by atoms with Crippen LogP contribution in [0.3, 0.4) is 0 Å². The average molecular weight is 280 g/mol. The number of nitrogens with zero attached hydrogens (tertiary/aromatic N) is 1. The molecule has 0 saturated heterocycles. The van der Waals surface area contributed by atoms with Gasteiger partial charge in [0.2, 0.25) is 0 Å². The Labute approximate surface area is 115 Å². The third-order valence-corrected chi connectivity index (χ3v) is 5.40. The molecule has 1 aromatic heterocycles. The van der Waals surface area contributed by atoms with Crippen LogP contribution in [-0.4, -0.2) is 23.4 Å². The van der Waals surface area contributed by atoms with Crippen LogP contribution in [0.15, 0.2) is 11.1 Å². The van der Waals surface area contributed by atoms with Crippen LogP contribution in [0.1, 0.15) is 39.4 Å². The van der Waals surface area contributed by atoms with E-state index in [0.717, 1.165) is 35.2 Å². The van der Waals surface area contributed by atoms with E-state index < -0.39 is 0 Å². The largest absolute Gasteiger partial charge is 0.301 e. The summed E-state index contributed by atoms with van der Waals surface area (Å²) in [5.41, 5.74) is 1.39. The van der Waals surface area contributed by atoms with Crippen molar-refractivity contribution in [3.05, 3.63) is 21.4 Å². The van der Waals surface area contributed by atoms with E-state index in [1.807, 2.05) is 0 Å². The zero-order chi connectivity index (χ0) is 12.4. The molecule has 0 atom stereocenters. The SMILES string of the molecule is O=C(NC1=NCCS1)c1cc2c(s1)CCCCC2. The van der Waals surface area contributed by atoms with Crippen molar-refractivity contribution < 1.29 is 4.79 Å². The molecule has 1 amide bonds. The Morgan fingerprint density at radius 1 is 1.28 bits per heavy atom. The fourth-order valence-corrected chi connectivity index (χ4v) is 4.22. The van der Waals surface area contributed by atoms with Gasteiger partial charge < -0.3 is 5.32 Å². The molecule has 5 heteroatoms. The van der Waals surface area contributed by atoms with Crippen molar-refractivity contribution in [3.8, 4) is 0 Å². The first-order chi connectivity index (χ1) is 8.83. The Bertz CT molecular complexity index is 470. The Balaban J connectivity index is 1.73. The van der Waals surface area contributed by atoms with Crippen LogP contribution in [0.5, 0.6) is 0 Å². The molecule has 0 unspecified atom stereocenters. The molecule has 18 heavy (non-hydrogen) atoms. The number of aliphatic imine (C=N–C) groups is 1. The number of hydrogen-bond donors (Lipinski definition) is 1. The van der Waals surface area contributed by atoms with Crippen molar-refractivity contribution in [2.75, 3.05) is 12.3 Å². The molecule has 1 N–H and O–H groups in total. The van der Waals surface area contributed by atoms with E-state index in [-0.39, 0.29) is 5.91 Å². The normalized spacial score (nSPS) is 19.0. The van der Waals surface area contributed by atoms with Crippen molar-refractivity contribution in [1.82, 2.24) is 5.32 Å². The lowest BCUT2D eigenvalue weighted by Gasteiger charge is -2.00. The highest BCUT2D eigenvalue weighted by Gasteiger charge is 2.18. The van der Waals surface area contributed by atoms with Crippen molar-refractivity contribution in [3.63, 3.8) is 0 Å². The number of nitrogens with one attached hydrogen (secondary N) is 1. The second-order valence-corrected chi connectivity index (χ2v) is 6.83. The monoisotopic (exact) mass is 280 g/mol. The average Bonchev–Trinajstić information content (AvgIpc) is 2.95. The zero-order valence-electron chi connectivity index (χ0n) is 10.2. The summed E-state index contributed by atoms with van der Waals surface area (Å²) < 4.78 is 0. The van der Waals surface area contributed by atoms with Gasteiger partial charge in [0.05, 0.1) is 11.4 Å². The second kappa shape index (κ2) is 5.45. The number of hydrogen-bond acceptors (Lipinski definition) is 4. The molecule has 1 aliphatic heterocycles. The van der Waals surface area contributed by atoms with Gasteiger partial charge >= 0.3 is 0 Å². The molecule has 0 radical (unpaired) electrons. The van der Waals surface area contributed by atoms with Gasteiger partial charge in [-0.2, -0.15) is 0 Å². The minimum atomic E-state index is 0.0150. The maximum absolute atomic E-state index is 12.1. The fraction of sp³-hybridized carbons (Fsp3) is 0.538. The minimum Gasteiger partial charge on any atom is -0.301 e. The maximum atomic E-state index is 12.1. The smallest absolute Gasteiger partial charge is 0.267 e. The first-order valence-corrected chi connectivity index (χ1v) is 8.23. The zero-order valence-corrected chi connectivity index (χ0v) is 11.8. The molecule has 1 aliphatic carbocycles. The lowest BCUT2D eigenvalue weighted by Crippen LogP contribution is -2.26. The number of aryl methyl sites for hydroxylation is 2. The standard InChI is InChI=1S/C13H16N2OS2/c16-12(15-13-14-6-7-17-13)11-8-9-4-2-1-3-5-10(9)18-11/h8H,1-7H2,(H,14,15,16). The van der Waals surface area contributed by atoms with Crippen molar-refractivity contribution in [2.24, 2.45) is 4.99 Å². The molecule has 0 bridgehead atoms. The predicted molar refractivity (Wildman–Crippen MR) is 77.8 cm³/mol.